The fourth-order valence-corrected chi connectivity index (χ4v) is 2.78. The predicted molar refractivity (Wildman–Crippen MR) is 82.6 cm³/mol. The lowest BCUT2D eigenvalue weighted by molar-refractivity contribution is 0.102. The number of hydrogen-bond donors (Lipinski definition) is 2. The second-order valence-electron chi connectivity index (χ2n) is 4.68. The molecule has 0 radical (unpaired) electrons. The normalized spacial score (nSPS) is 10.5. The van der Waals surface area contributed by atoms with E-state index in [2.05, 4.69) is 32.6 Å². The molecule has 3 aromatic rings. The average Bonchev–Trinajstić information content (AvgIpc) is 3.09. The molecule has 3 rings (SSSR count). The molecule has 2 aromatic heterocycles. The van der Waals surface area contributed by atoms with Crippen molar-refractivity contribution in [2.75, 3.05) is 5.32 Å². The number of nitrogens with zero attached hydrogens (tertiary/aromatic N) is 2. The second kappa shape index (κ2) is 5.88. The lowest BCUT2D eigenvalue weighted by Crippen LogP contribution is -2.11. The maximum atomic E-state index is 12.0. The number of aryl methyl sites for hydroxylation is 1. The highest BCUT2D eigenvalue weighted by atomic mass is 32.1. The van der Waals surface area contributed by atoms with Gasteiger partial charge >= 0.3 is 0 Å². The number of anilines is 1. The van der Waals surface area contributed by atoms with Gasteiger partial charge in [-0.15, -0.1) is 11.3 Å². The van der Waals surface area contributed by atoms with Crippen molar-refractivity contribution in [3.8, 4) is 0 Å². The summed E-state index contributed by atoms with van der Waals surface area (Å²) in [7, 11) is 0. The number of hydrogen-bond acceptors (Lipinski definition) is 4. The molecule has 0 aliphatic heterocycles. The highest BCUT2D eigenvalue weighted by Crippen LogP contribution is 2.21. The van der Waals surface area contributed by atoms with E-state index in [0.717, 1.165) is 17.0 Å². The van der Waals surface area contributed by atoms with Gasteiger partial charge in [0.2, 0.25) is 0 Å². The van der Waals surface area contributed by atoms with Crippen LogP contribution >= 0.6 is 11.3 Å². The zero-order valence-corrected chi connectivity index (χ0v) is 12.3. The molecule has 21 heavy (non-hydrogen) atoms. The van der Waals surface area contributed by atoms with Gasteiger partial charge in [0.1, 0.15) is 0 Å². The zero-order chi connectivity index (χ0) is 14.7. The number of benzene rings is 1. The predicted octanol–water partition coefficient (Wildman–Crippen LogP) is 3.02. The van der Waals surface area contributed by atoms with E-state index < -0.39 is 0 Å². The van der Waals surface area contributed by atoms with Crippen LogP contribution in [-0.4, -0.2) is 21.1 Å². The smallest absolute Gasteiger partial charge is 0.277 e. The maximum Gasteiger partial charge on any atom is 0.277 e. The van der Waals surface area contributed by atoms with E-state index in [4.69, 9.17) is 0 Å². The molecule has 0 aliphatic rings. The molecule has 0 saturated carbocycles. The molecule has 0 aliphatic carbocycles. The molecule has 0 fully saturated rings. The van der Waals surface area contributed by atoms with Gasteiger partial charge in [0.15, 0.2) is 10.8 Å². The number of aromatic nitrogens is 3. The summed E-state index contributed by atoms with van der Waals surface area (Å²) in [6, 6.07) is 11.9. The Morgan fingerprint density at radius 1 is 1.33 bits per heavy atom. The molecule has 0 atom stereocenters. The number of rotatable bonds is 4. The van der Waals surface area contributed by atoms with Crippen LogP contribution in [0, 0.1) is 6.92 Å². The second-order valence-corrected chi connectivity index (χ2v) is 5.80. The maximum absolute atomic E-state index is 12.0. The Hall–Kier alpha value is -2.47. The number of H-pyrrole nitrogens is 1. The van der Waals surface area contributed by atoms with E-state index in [1.165, 1.54) is 16.9 Å². The molecule has 5 nitrogen and oxygen atoms in total. The van der Waals surface area contributed by atoms with Crippen molar-refractivity contribution >= 4 is 22.4 Å². The van der Waals surface area contributed by atoms with Crippen molar-refractivity contribution in [1.82, 2.24) is 15.2 Å². The summed E-state index contributed by atoms with van der Waals surface area (Å²) < 4.78 is 0. The van der Waals surface area contributed by atoms with Gasteiger partial charge in [-0.1, -0.05) is 30.3 Å². The Bertz CT molecular complexity index is 748. The molecule has 106 valence electrons. The summed E-state index contributed by atoms with van der Waals surface area (Å²) in [4.78, 5) is 17.3. The molecule has 2 N–H and O–H groups in total. The molecule has 1 aromatic carbocycles. The molecule has 2 heterocycles. The van der Waals surface area contributed by atoms with Gasteiger partial charge < -0.3 is 0 Å². The van der Waals surface area contributed by atoms with Crippen molar-refractivity contribution in [3.63, 3.8) is 0 Å². The number of nitrogens with one attached hydrogen (secondary N) is 2. The zero-order valence-electron chi connectivity index (χ0n) is 11.5. The highest BCUT2D eigenvalue weighted by molar-refractivity contribution is 7.15. The fraction of sp³-hybridized carbons (Fsp3) is 0.133. The van der Waals surface area contributed by atoms with Gasteiger partial charge in [0, 0.05) is 23.2 Å². The largest absolute Gasteiger partial charge is 0.296 e. The van der Waals surface area contributed by atoms with Crippen LogP contribution in [-0.2, 0) is 6.42 Å². The number of aromatic amines is 1. The van der Waals surface area contributed by atoms with Gasteiger partial charge in [-0.05, 0) is 18.6 Å². The van der Waals surface area contributed by atoms with Gasteiger partial charge in [0.05, 0.1) is 0 Å². The first-order valence-electron chi connectivity index (χ1n) is 6.53. The first-order chi connectivity index (χ1) is 10.2. The van der Waals surface area contributed by atoms with Gasteiger partial charge in [0.25, 0.3) is 5.91 Å². The summed E-state index contributed by atoms with van der Waals surface area (Å²) >= 11 is 1.48. The Morgan fingerprint density at radius 2 is 2.14 bits per heavy atom. The summed E-state index contributed by atoms with van der Waals surface area (Å²) in [5, 5.41) is 10.0. The van der Waals surface area contributed by atoms with Crippen LogP contribution in [0.25, 0.3) is 0 Å². The summed E-state index contributed by atoms with van der Waals surface area (Å²) in [6.45, 7) is 1.85. The Morgan fingerprint density at radius 3 is 2.86 bits per heavy atom. The van der Waals surface area contributed by atoms with Crippen LogP contribution in [0.15, 0.2) is 42.6 Å². The van der Waals surface area contributed by atoms with Gasteiger partial charge in [-0.3, -0.25) is 15.2 Å². The van der Waals surface area contributed by atoms with Crippen LogP contribution in [0.2, 0.25) is 0 Å². The molecular weight excluding hydrogens is 284 g/mol. The molecule has 0 saturated heterocycles. The van der Waals surface area contributed by atoms with Crippen molar-refractivity contribution in [3.05, 3.63) is 64.4 Å². The summed E-state index contributed by atoms with van der Waals surface area (Å²) in [5.74, 6) is -0.250. The van der Waals surface area contributed by atoms with E-state index in [9.17, 15) is 4.79 Å². The molecule has 0 bridgehead atoms. The third kappa shape index (κ3) is 3.35. The SMILES string of the molecule is Cc1cc(C(=O)Nc2ncc(Cc3ccccc3)s2)n[nH]1. The fourth-order valence-electron chi connectivity index (χ4n) is 1.94. The summed E-state index contributed by atoms with van der Waals surface area (Å²) in [5.41, 5.74) is 2.44. The van der Waals surface area contributed by atoms with Crippen LogP contribution in [0.4, 0.5) is 5.13 Å². The average molecular weight is 298 g/mol. The van der Waals surface area contributed by atoms with Gasteiger partial charge in [-0.25, -0.2) is 4.98 Å². The van der Waals surface area contributed by atoms with E-state index in [-0.39, 0.29) is 5.91 Å². The van der Waals surface area contributed by atoms with Crippen molar-refractivity contribution in [2.24, 2.45) is 0 Å². The first-order valence-corrected chi connectivity index (χ1v) is 7.34. The monoisotopic (exact) mass is 298 g/mol. The van der Waals surface area contributed by atoms with E-state index in [0.29, 0.717) is 10.8 Å². The van der Waals surface area contributed by atoms with Crippen molar-refractivity contribution in [2.45, 2.75) is 13.3 Å². The summed E-state index contributed by atoms with van der Waals surface area (Å²) in [6.07, 6.45) is 2.61. The Balaban J connectivity index is 1.66. The molecule has 0 spiro atoms. The quantitative estimate of drug-likeness (QED) is 0.778. The number of amides is 1. The minimum absolute atomic E-state index is 0.250. The van der Waals surface area contributed by atoms with E-state index >= 15 is 0 Å². The lowest BCUT2D eigenvalue weighted by Gasteiger charge is -1.97. The third-order valence-corrected chi connectivity index (χ3v) is 3.85. The molecule has 0 unspecified atom stereocenters. The third-order valence-electron chi connectivity index (χ3n) is 2.93. The van der Waals surface area contributed by atoms with Crippen LogP contribution in [0.3, 0.4) is 0 Å². The minimum Gasteiger partial charge on any atom is -0.296 e. The van der Waals surface area contributed by atoms with E-state index in [1.807, 2.05) is 25.1 Å². The van der Waals surface area contributed by atoms with Crippen molar-refractivity contribution in [1.29, 1.82) is 0 Å². The number of carbonyl (C=O) groups is 1. The van der Waals surface area contributed by atoms with Crippen molar-refractivity contribution < 1.29 is 4.79 Å². The van der Waals surface area contributed by atoms with Crippen LogP contribution in [0.5, 0.6) is 0 Å². The Kier molecular flexibility index (Phi) is 3.79. The van der Waals surface area contributed by atoms with Crippen LogP contribution < -0.4 is 5.32 Å². The van der Waals surface area contributed by atoms with Crippen LogP contribution in [0.1, 0.15) is 26.6 Å². The molecular formula is C15H14N4OS. The minimum atomic E-state index is -0.250. The lowest BCUT2D eigenvalue weighted by atomic mass is 10.1. The topological polar surface area (TPSA) is 70.7 Å². The highest BCUT2D eigenvalue weighted by Gasteiger charge is 2.11. The first kappa shape index (κ1) is 13.5. The number of carbonyl (C=O) groups excluding carboxylic acids is 1. The van der Waals surface area contributed by atoms with Gasteiger partial charge in [-0.2, -0.15) is 5.10 Å². The number of thiazole rings is 1. The molecule has 1 amide bonds. The van der Waals surface area contributed by atoms with E-state index in [1.54, 1.807) is 12.3 Å². The standard InChI is InChI=1S/C15H14N4OS/c1-10-7-13(19-18-10)14(20)17-15-16-9-12(21-15)8-11-5-3-2-4-6-11/h2-7,9H,8H2,1H3,(H,18,19)(H,16,17,20). The molecule has 6 heteroatoms. The Labute approximate surface area is 126 Å².